The first-order valence-electron chi connectivity index (χ1n) is 14.1. The lowest BCUT2D eigenvalue weighted by molar-refractivity contribution is 0.0536. The van der Waals surface area contributed by atoms with Crippen LogP contribution in [0.1, 0.15) is 93.3 Å². The third kappa shape index (κ3) is 5.91. The van der Waals surface area contributed by atoms with Gasteiger partial charge in [0.05, 0.1) is 11.9 Å². The molecule has 41 heavy (non-hydrogen) atoms. The van der Waals surface area contributed by atoms with Gasteiger partial charge in [0.15, 0.2) is 5.65 Å². The Morgan fingerprint density at radius 1 is 1.15 bits per heavy atom. The number of halogens is 1. The number of fused-ring (bicyclic) bond motifs is 1. The zero-order chi connectivity index (χ0) is 29.7. The molecular formula is C31H38ClN7O2. The lowest BCUT2D eigenvalue weighted by Gasteiger charge is -2.37. The highest BCUT2D eigenvalue weighted by Crippen LogP contribution is 2.37. The van der Waals surface area contributed by atoms with Gasteiger partial charge >= 0.3 is 0 Å². The summed E-state index contributed by atoms with van der Waals surface area (Å²) in [4.78, 5) is 37.9. The number of amides is 1. The lowest BCUT2D eigenvalue weighted by atomic mass is 9.81. The van der Waals surface area contributed by atoms with E-state index < -0.39 is 5.54 Å². The van der Waals surface area contributed by atoms with Crippen molar-refractivity contribution in [3.63, 3.8) is 0 Å². The maximum Gasteiger partial charge on any atom is 0.274 e. The number of ketones is 1. The van der Waals surface area contributed by atoms with E-state index in [9.17, 15) is 9.59 Å². The van der Waals surface area contributed by atoms with E-state index in [0.29, 0.717) is 41.6 Å². The molecule has 4 aromatic rings. The minimum absolute atomic E-state index is 0.0681. The van der Waals surface area contributed by atoms with Gasteiger partial charge in [0.2, 0.25) is 11.6 Å². The van der Waals surface area contributed by atoms with E-state index in [1.807, 2.05) is 29.2 Å². The fourth-order valence-electron chi connectivity index (χ4n) is 5.96. The van der Waals surface area contributed by atoms with Crippen molar-refractivity contribution in [3.8, 4) is 11.3 Å². The minimum Gasteiger partial charge on any atom is -0.332 e. The normalized spacial score (nSPS) is 19.4. The number of carbonyl (C=O) groups excluding carboxylic acids is 2. The van der Waals surface area contributed by atoms with Crippen molar-refractivity contribution in [2.75, 3.05) is 6.54 Å². The lowest BCUT2D eigenvalue weighted by Crippen LogP contribution is -2.47. The van der Waals surface area contributed by atoms with Crippen molar-refractivity contribution in [1.82, 2.24) is 34.7 Å². The van der Waals surface area contributed by atoms with Crippen molar-refractivity contribution in [3.05, 3.63) is 64.5 Å². The largest absolute Gasteiger partial charge is 0.332 e. The van der Waals surface area contributed by atoms with Crippen LogP contribution in [0.5, 0.6) is 0 Å². The molecule has 2 atom stereocenters. The van der Waals surface area contributed by atoms with Crippen LogP contribution in [0.2, 0.25) is 5.02 Å². The Morgan fingerprint density at radius 3 is 2.49 bits per heavy atom. The first-order chi connectivity index (χ1) is 19.2. The monoisotopic (exact) mass is 575 g/mol. The molecule has 1 aliphatic heterocycles. The Balaban J connectivity index is 1.45. The first kappa shape index (κ1) is 28.9. The second kappa shape index (κ2) is 10.7. The van der Waals surface area contributed by atoms with Crippen LogP contribution < -0.4 is 0 Å². The third-order valence-corrected chi connectivity index (χ3v) is 8.46. The first-order valence-corrected chi connectivity index (χ1v) is 14.5. The number of H-pyrrole nitrogens is 1. The number of benzene rings is 1. The highest BCUT2D eigenvalue weighted by Gasteiger charge is 2.40. The molecule has 9 nitrogen and oxygen atoms in total. The SMILES string of the molecule is Cc1nc(C(=O)CC2CCN(C(=O)c3cn4nc(-c5ccc(Cl)cc5)cc(C(C)(C)C)c4n3)C(C)(C)CC2C)n[nH]1. The summed E-state index contributed by atoms with van der Waals surface area (Å²) in [6.07, 6.45) is 3.58. The summed E-state index contributed by atoms with van der Waals surface area (Å²) in [5.41, 5.74) is 3.12. The number of rotatable bonds is 5. The molecule has 1 saturated heterocycles. The molecule has 0 radical (unpaired) electrons. The molecule has 1 aromatic carbocycles. The standard InChI is InChI=1S/C31H38ClN7O2/c1-18-16-31(6,7)38(13-12-21(18)14-26(40)27-33-19(2)35-36-27)29(41)25-17-39-28(34-25)23(30(3,4)5)15-24(37-39)20-8-10-22(32)11-9-20/h8-11,15,17-18,21H,12-14,16H2,1-7H3,(H,33,35,36). The molecule has 1 amide bonds. The molecule has 1 N–H and O–H groups in total. The number of aromatic nitrogens is 6. The summed E-state index contributed by atoms with van der Waals surface area (Å²) in [6.45, 7) is 15.1. The number of imidazole rings is 1. The number of Topliss-reactive ketones (excluding diaryl/α,β-unsaturated/α-hetero) is 1. The predicted octanol–water partition coefficient (Wildman–Crippen LogP) is 6.31. The average molecular weight is 576 g/mol. The number of nitrogens with one attached hydrogen (secondary N) is 1. The van der Waals surface area contributed by atoms with E-state index in [1.54, 1.807) is 17.6 Å². The molecule has 0 saturated carbocycles. The Labute approximate surface area is 245 Å². The number of aromatic amines is 1. The van der Waals surface area contributed by atoms with Crippen molar-refractivity contribution in [2.45, 2.75) is 78.7 Å². The van der Waals surface area contributed by atoms with Gasteiger partial charge in [-0.3, -0.25) is 14.7 Å². The van der Waals surface area contributed by atoms with Gasteiger partial charge < -0.3 is 4.90 Å². The van der Waals surface area contributed by atoms with E-state index in [0.717, 1.165) is 23.2 Å². The molecule has 1 aliphatic rings. The van der Waals surface area contributed by atoms with Gasteiger partial charge in [-0.15, -0.1) is 0 Å². The summed E-state index contributed by atoms with van der Waals surface area (Å²) >= 11 is 6.11. The Bertz CT molecular complexity index is 1600. The van der Waals surface area contributed by atoms with Gasteiger partial charge in [-0.1, -0.05) is 51.4 Å². The topological polar surface area (TPSA) is 109 Å². The molecule has 0 aliphatic carbocycles. The number of nitrogens with zero attached hydrogens (tertiary/aromatic N) is 6. The van der Waals surface area contributed by atoms with Crippen LogP contribution in [0.25, 0.3) is 16.9 Å². The van der Waals surface area contributed by atoms with E-state index in [1.165, 1.54) is 0 Å². The second-order valence-corrected chi connectivity index (χ2v) is 13.4. The average Bonchev–Trinajstić information content (AvgIpc) is 3.50. The Morgan fingerprint density at radius 2 is 1.85 bits per heavy atom. The fourth-order valence-corrected chi connectivity index (χ4v) is 6.08. The summed E-state index contributed by atoms with van der Waals surface area (Å²) in [5, 5.41) is 12.3. The number of hydrogen-bond donors (Lipinski definition) is 1. The number of hydrogen-bond acceptors (Lipinski definition) is 6. The molecule has 0 bridgehead atoms. The summed E-state index contributed by atoms with van der Waals surface area (Å²) in [7, 11) is 0. The molecule has 10 heteroatoms. The van der Waals surface area contributed by atoms with E-state index in [2.05, 4.69) is 62.8 Å². The van der Waals surface area contributed by atoms with Crippen molar-refractivity contribution in [1.29, 1.82) is 0 Å². The van der Waals surface area contributed by atoms with Crippen LogP contribution in [0.15, 0.2) is 36.5 Å². The molecule has 4 heterocycles. The van der Waals surface area contributed by atoms with E-state index in [4.69, 9.17) is 21.7 Å². The fraction of sp³-hybridized carbons (Fsp3) is 0.484. The van der Waals surface area contributed by atoms with Crippen LogP contribution in [0.3, 0.4) is 0 Å². The van der Waals surface area contributed by atoms with Gasteiger partial charge in [-0.25, -0.2) is 14.5 Å². The van der Waals surface area contributed by atoms with E-state index >= 15 is 0 Å². The van der Waals surface area contributed by atoms with Crippen LogP contribution in [0, 0.1) is 18.8 Å². The summed E-state index contributed by atoms with van der Waals surface area (Å²) in [5.74, 6) is 1.02. The predicted molar refractivity (Wildman–Crippen MR) is 159 cm³/mol. The highest BCUT2D eigenvalue weighted by atomic mass is 35.5. The number of carbonyl (C=O) groups is 2. The van der Waals surface area contributed by atoms with Gasteiger partial charge in [-0.2, -0.15) is 10.2 Å². The third-order valence-electron chi connectivity index (χ3n) is 8.21. The highest BCUT2D eigenvalue weighted by molar-refractivity contribution is 6.30. The number of likely N-dealkylation sites (tertiary alicyclic amines) is 1. The molecule has 1 fully saturated rings. The molecule has 0 spiro atoms. The Hall–Kier alpha value is -3.59. The van der Waals surface area contributed by atoms with Crippen LogP contribution in [0.4, 0.5) is 0 Å². The van der Waals surface area contributed by atoms with Crippen LogP contribution in [-0.4, -0.2) is 58.5 Å². The zero-order valence-electron chi connectivity index (χ0n) is 24.8. The second-order valence-electron chi connectivity index (χ2n) is 13.0. The molecule has 3 aromatic heterocycles. The molecular weight excluding hydrogens is 538 g/mol. The minimum atomic E-state index is -0.417. The van der Waals surface area contributed by atoms with Crippen molar-refractivity contribution < 1.29 is 9.59 Å². The Kier molecular flexibility index (Phi) is 7.53. The maximum absolute atomic E-state index is 14.1. The zero-order valence-corrected chi connectivity index (χ0v) is 25.6. The molecule has 2 unspecified atom stereocenters. The molecule has 216 valence electrons. The van der Waals surface area contributed by atoms with Crippen LogP contribution >= 0.6 is 11.6 Å². The van der Waals surface area contributed by atoms with Gasteiger partial charge in [0.25, 0.3) is 5.91 Å². The van der Waals surface area contributed by atoms with Crippen molar-refractivity contribution in [2.24, 2.45) is 11.8 Å². The van der Waals surface area contributed by atoms with E-state index in [-0.39, 0.29) is 34.8 Å². The number of aryl methyl sites for hydroxylation is 1. The maximum atomic E-state index is 14.1. The van der Waals surface area contributed by atoms with Gasteiger partial charge in [0, 0.05) is 34.7 Å². The van der Waals surface area contributed by atoms with Crippen LogP contribution in [-0.2, 0) is 5.41 Å². The quantitative estimate of drug-likeness (QED) is 0.279. The smallest absolute Gasteiger partial charge is 0.274 e. The van der Waals surface area contributed by atoms with Gasteiger partial charge in [-0.05, 0) is 69.1 Å². The van der Waals surface area contributed by atoms with Gasteiger partial charge in [0.1, 0.15) is 11.5 Å². The molecule has 5 rings (SSSR count). The van der Waals surface area contributed by atoms with Crippen molar-refractivity contribution >= 4 is 28.9 Å². The summed E-state index contributed by atoms with van der Waals surface area (Å²) < 4.78 is 1.73. The summed E-state index contributed by atoms with van der Waals surface area (Å²) in [6, 6.07) is 9.62.